The summed E-state index contributed by atoms with van der Waals surface area (Å²) in [5.41, 5.74) is 11.1. The summed E-state index contributed by atoms with van der Waals surface area (Å²) >= 11 is 0. The predicted molar refractivity (Wildman–Crippen MR) is 218 cm³/mol. The molecule has 2 heteroatoms. The molecule has 0 bridgehead atoms. The Hall–Kier alpha value is -3.31. The fourth-order valence-corrected chi connectivity index (χ4v) is 3.47. The normalized spacial score (nSPS) is 13.7. The van der Waals surface area contributed by atoms with Crippen LogP contribution in [-0.4, -0.2) is 6.54 Å². The van der Waals surface area contributed by atoms with E-state index in [0.717, 1.165) is 34.5 Å². The number of nitriles is 1. The Morgan fingerprint density at radius 1 is 1.00 bits per heavy atom. The molecule has 0 aromatic heterocycles. The van der Waals surface area contributed by atoms with E-state index in [4.69, 9.17) is 5.26 Å². The second-order valence-corrected chi connectivity index (χ2v) is 14.0. The Bertz CT molecular complexity index is 1180. The molecule has 2 atom stereocenters. The molecule has 1 aliphatic carbocycles. The Kier molecular flexibility index (Phi) is 32.3. The van der Waals surface area contributed by atoms with Crippen molar-refractivity contribution in [3.05, 3.63) is 119 Å². The molecule has 0 amide bonds. The molecule has 1 aliphatic rings. The number of benzene rings is 1. The monoisotopic (exact) mass is 645 g/mol. The number of hydrogen-bond acceptors (Lipinski definition) is 2. The van der Waals surface area contributed by atoms with E-state index in [1.165, 1.54) is 36.0 Å². The summed E-state index contributed by atoms with van der Waals surface area (Å²) in [5, 5.41) is 12.0. The van der Waals surface area contributed by atoms with Crippen LogP contribution in [0, 0.1) is 29.6 Å². The molecule has 1 N–H and O–H groups in total. The lowest BCUT2D eigenvalue weighted by molar-refractivity contribution is 0.469. The number of nitrogens with one attached hydrogen (secondary N) is 1. The van der Waals surface area contributed by atoms with Gasteiger partial charge in [0.15, 0.2) is 0 Å². The van der Waals surface area contributed by atoms with E-state index < -0.39 is 0 Å². The molecule has 0 aliphatic heterocycles. The van der Waals surface area contributed by atoms with Crippen LogP contribution in [0.25, 0.3) is 0 Å². The molecule has 2 rings (SSSR count). The second kappa shape index (κ2) is 30.1. The highest BCUT2D eigenvalue weighted by Crippen LogP contribution is 2.27. The molecule has 0 saturated heterocycles. The fraction of sp³-hybridized carbons (Fsp3) is 0.533. The number of rotatable bonds is 8. The van der Waals surface area contributed by atoms with Crippen LogP contribution in [0.1, 0.15) is 147 Å². The van der Waals surface area contributed by atoms with Gasteiger partial charge in [-0.2, -0.15) is 5.26 Å². The third-order valence-corrected chi connectivity index (χ3v) is 6.40. The van der Waals surface area contributed by atoms with Crippen LogP contribution in [0.4, 0.5) is 0 Å². The van der Waals surface area contributed by atoms with E-state index >= 15 is 0 Å². The summed E-state index contributed by atoms with van der Waals surface area (Å²) in [6.07, 6.45) is 12.0. The molecule has 1 aromatic carbocycles. The minimum absolute atomic E-state index is 0.500. The van der Waals surface area contributed by atoms with Crippen molar-refractivity contribution in [2.75, 3.05) is 6.54 Å². The van der Waals surface area contributed by atoms with Crippen LogP contribution < -0.4 is 5.32 Å². The smallest absolute Gasteiger partial charge is 0.0991 e. The average Bonchev–Trinajstić information content (AvgIpc) is 2.99. The maximum Gasteiger partial charge on any atom is 0.0991 e. The van der Waals surface area contributed by atoms with Crippen LogP contribution in [0.2, 0.25) is 0 Å². The van der Waals surface area contributed by atoms with Gasteiger partial charge < -0.3 is 5.32 Å². The topological polar surface area (TPSA) is 35.8 Å². The van der Waals surface area contributed by atoms with Crippen molar-refractivity contribution >= 4 is 0 Å². The van der Waals surface area contributed by atoms with Gasteiger partial charge in [0.1, 0.15) is 0 Å². The minimum atomic E-state index is 0.500. The van der Waals surface area contributed by atoms with Crippen molar-refractivity contribution in [2.45, 2.75) is 143 Å². The van der Waals surface area contributed by atoms with E-state index in [0.29, 0.717) is 17.3 Å². The number of hydrogen-bond donors (Lipinski definition) is 1. The van der Waals surface area contributed by atoms with Crippen molar-refractivity contribution < 1.29 is 0 Å². The maximum absolute atomic E-state index is 8.74. The molecular formula is C45H76N2. The molecule has 47 heavy (non-hydrogen) atoms. The second-order valence-electron chi connectivity index (χ2n) is 14.0. The van der Waals surface area contributed by atoms with Gasteiger partial charge in [-0.25, -0.2) is 0 Å². The molecule has 266 valence electrons. The zero-order valence-corrected chi connectivity index (χ0v) is 34.2. The Morgan fingerprint density at radius 2 is 1.51 bits per heavy atom. The highest BCUT2D eigenvalue weighted by molar-refractivity contribution is 5.42. The molecular weight excluding hydrogens is 569 g/mol. The fourth-order valence-electron chi connectivity index (χ4n) is 3.47. The van der Waals surface area contributed by atoms with Gasteiger partial charge in [-0.1, -0.05) is 159 Å². The molecule has 0 spiro atoms. The van der Waals surface area contributed by atoms with Gasteiger partial charge in [-0.05, 0) is 89.9 Å². The van der Waals surface area contributed by atoms with Gasteiger partial charge in [0.25, 0.3) is 0 Å². The first-order valence-electron chi connectivity index (χ1n) is 17.6. The average molecular weight is 645 g/mol. The lowest BCUT2D eigenvalue weighted by atomic mass is 9.87. The van der Waals surface area contributed by atoms with Crippen molar-refractivity contribution in [1.82, 2.24) is 5.32 Å². The molecule has 0 saturated carbocycles. The van der Waals surface area contributed by atoms with Crippen molar-refractivity contribution in [3.63, 3.8) is 0 Å². The van der Waals surface area contributed by atoms with Crippen molar-refractivity contribution in [1.29, 1.82) is 5.26 Å². The summed E-state index contributed by atoms with van der Waals surface area (Å²) in [4.78, 5) is 0. The standard InChI is InChI=1S/C13H19N.C11H15N.C11H16.C5H12.C3H8.C2H6/c1-10(2)14-9-12(4)13-7-5-6-11(3)8-13;1-8(2)10(5)6-11(7-12)9(3)4;1-4-10-7-6-9(3)11(5-2)8-10;1-5(2,3)4;1-3-2;1-2/h5-8,12,14H,1,9H2,2-4H3;6H,1H2,2-5H3;5-7,11H,2,4,8H2,1,3H3;1-4H3;3H2,1-2H3;1-2H3/b;10-6-;;;;. The van der Waals surface area contributed by atoms with Crippen LogP contribution >= 0.6 is 0 Å². The first kappa shape index (κ1) is 50.5. The molecule has 1 aromatic rings. The van der Waals surface area contributed by atoms with Crippen LogP contribution in [0.15, 0.2) is 107 Å². The van der Waals surface area contributed by atoms with Crippen LogP contribution in [-0.2, 0) is 0 Å². The van der Waals surface area contributed by atoms with Crippen molar-refractivity contribution in [3.8, 4) is 6.07 Å². The van der Waals surface area contributed by atoms with Gasteiger partial charge in [0.05, 0.1) is 11.6 Å². The van der Waals surface area contributed by atoms with Crippen LogP contribution in [0.5, 0.6) is 0 Å². The highest BCUT2D eigenvalue weighted by Gasteiger charge is 2.11. The summed E-state index contributed by atoms with van der Waals surface area (Å²) in [6, 6.07) is 10.8. The highest BCUT2D eigenvalue weighted by atomic mass is 14.9. The summed E-state index contributed by atoms with van der Waals surface area (Å²) < 4.78 is 0. The number of nitrogens with zero attached hydrogens (tertiary/aromatic N) is 1. The lowest BCUT2D eigenvalue weighted by Crippen LogP contribution is -2.17. The van der Waals surface area contributed by atoms with E-state index in [-0.39, 0.29) is 0 Å². The van der Waals surface area contributed by atoms with Gasteiger partial charge in [-0.3, -0.25) is 0 Å². The summed E-state index contributed by atoms with van der Waals surface area (Å²) in [6.45, 7) is 47.9. The number of allylic oxidation sites excluding steroid dienone is 11. The Labute approximate surface area is 295 Å². The van der Waals surface area contributed by atoms with Crippen molar-refractivity contribution in [2.24, 2.45) is 11.3 Å². The first-order chi connectivity index (χ1) is 21.8. The zero-order chi connectivity index (χ0) is 37.8. The molecule has 0 fully saturated rings. The Morgan fingerprint density at radius 3 is 1.87 bits per heavy atom. The Balaban J connectivity index is -0.000000260. The molecule has 0 heterocycles. The zero-order valence-electron chi connectivity index (χ0n) is 34.2. The summed E-state index contributed by atoms with van der Waals surface area (Å²) in [7, 11) is 0. The summed E-state index contributed by atoms with van der Waals surface area (Å²) in [5.74, 6) is 1.13. The lowest BCUT2D eigenvalue weighted by Gasteiger charge is -2.18. The predicted octanol–water partition coefficient (Wildman–Crippen LogP) is 14.6. The quantitative estimate of drug-likeness (QED) is 0.174. The molecule has 0 radical (unpaired) electrons. The van der Waals surface area contributed by atoms with E-state index in [1.807, 2.05) is 54.5 Å². The van der Waals surface area contributed by atoms with Gasteiger partial charge in [0.2, 0.25) is 0 Å². The van der Waals surface area contributed by atoms with E-state index in [1.54, 1.807) is 5.57 Å². The van der Waals surface area contributed by atoms with Gasteiger partial charge in [0, 0.05) is 18.2 Å². The third-order valence-electron chi connectivity index (χ3n) is 6.40. The van der Waals surface area contributed by atoms with Crippen LogP contribution in [0.3, 0.4) is 0 Å². The van der Waals surface area contributed by atoms with E-state index in [9.17, 15) is 0 Å². The SMILES string of the molecule is C=C(C)/C(C)=C\C(C#N)=C(C)C.C=C(C)NCC(C)c1cccc(C)c1.C=CC1CC(CC)=CC=C1C.CC.CC(C)(C)C.CCC. The largest absolute Gasteiger partial charge is 0.388 e. The first-order valence-corrected chi connectivity index (χ1v) is 17.6. The van der Waals surface area contributed by atoms with E-state index in [2.05, 4.69) is 143 Å². The van der Waals surface area contributed by atoms with Gasteiger partial charge in [-0.15, -0.1) is 6.58 Å². The third kappa shape index (κ3) is 32.4. The minimum Gasteiger partial charge on any atom is -0.388 e. The molecule has 2 nitrogen and oxygen atoms in total. The maximum atomic E-state index is 8.74. The van der Waals surface area contributed by atoms with Gasteiger partial charge >= 0.3 is 0 Å². The molecule has 2 unspecified atom stereocenters. The number of aryl methyl sites for hydroxylation is 1.